The van der Waals surface area contributed by atoms with Crippen LogP contribution in [-0.2, 0) is 24.2 Å². The van der Waals surface area contributed by atoms with Crippen molar-refractivity contribution < 1.29 is 19.5 Å². The fourth-order valence-corrected chi connectivity index (χ4v) is 5.64. The average Bonchev–Trinajstić information content (AvgIpc) is 3.00. The van der Waals surface area contributed by atoms with Crippen LogP contribution in [0.2, 0.25) is 0 Å². The van der Waals surface area contributed by atoms with Gasteiger partial charge in [0.15, 0.2) is 0 Å². The molecule has 41 heavy (non-hydrogen) atoms. The summed E-state index contributed by atoms with van der Waals surface area (Å²) in [6.45, 7) is 0.210. The van der Waals surface area contributed by atoms with Crippen molar-refractivity contribution in [2.24, 2.45) is 5.92 Å². The van der Waals surface area contributed by atoms with E-state index in [2.05, 4.69) is 34.9 Å². The molecule has 0 fully saturated rings. The van der Waals surface area contributed by atoms with Crippen LogP contribution in [0.5, 0.6) is 0 Å². The minimum Gasteiger partial charge on any atom is -0.478 e. The Hall–Kier alpha value is -4.91. The Morgan fingerprint density at radius 2 is 1.49 bits per heavy atom. The van der Waals surface area contributed by atoms with Crippen molar-refractivity contribution in [3.63, 3.8) is 0 Å². The number of urea groups is 1. The lowest BCUT2D eigenvalue weighted by Gasteiger charge is -2.42. The first-order valence-corrected chi connectivity index (χ1v) is 13.8. The number of nitrogens with zero attached hydrogens (tertiary/aromatic N) is 1. The van der Waals surface area contributed by atoms with Crippen LogP contribution in [0.4, 0.5) is 10.5 Å². The summed E-state index contributed by atoms with van der Waals surface area (Å²) >= 11 is 0. The molecule has 0 aliphatic heterocycles. The van der Waals surface area contributed by atoms with Crippen molar-refractivity contribution in [3.05, 3.63) is 137 Å². The molecule has 0 aromatic heterocycles. The molecular formula is C34H33N3O4. The number of carbonyl (C=O) groups is 3. The second-order valence-electron chi connectivity index (χ2n) is 10.3. The van der Waals surface area contributed by atoms with E-state index in [9.17, 15) is 19.5 Å². The minimum absolute atomic E-state index is 0.0633. The van der Waals surface area contributed by atoms with Crippen molar-refractivity contribution in [1.29, 1.82) is 0 Å². The largest absolute Gasteiger partial charge is 0.478 e. The van der Waals surface area contributed by atoms with Crippen LogP contribution in [0.3, 0.4) is 0 Å². The molecule has 3 N–H and O–H groups in total. The molecule has 5 rings (SSSR count). The number of amides is 3. The number of aryl methyl sites for hydroxylation is 1. The number of carboxylic acid groups (broad SMARTS) is 1. The summed E-state index contributed by atoms with van der Waals surface area (Å²) in [5.74, 6) is -1.07. The zero-order valence-electron chi connectivity index (χ0n) is 22.7. The molecular weight excluding hydrogens is 514 g/mol. The average molecular weight is 548 g/mol. The lowest BCUT2D eigenvalue weighted by Crippen LogP contribution is -2.46. The number of anilines is 1. The fourth-order valence-electron chi connectivity index (χ4n) is 5.64. The minimum atomic E-state index is -1.08. The van der Waals surface area contributed by atoms with E-state index in [-0.39, 0.29) is 30.0 Å². The van der Waals surface area contributed by atoms with Gasteiger partial charge in [-0.1, -0.05) is 91.0 Å². The quantitative estimate of drug-likeness (QED) is 0.236. The third-order valence-corrected chi connectivity index (χ3v) is 7.56. The maximum absolute atomic E-state index is 14.0. The van der Waals surface area contributed by atoms with Gasteiger partial charge < -0.3 is 20.6 Å². The topological polar surface area (TPSA) is 98.7 Å². The number of rotatable bonds is 9. The maximum Gasteiger partial charge on any atom is 0.335 e. The van der Waals surface area contributed by atoms with Crippen LogP contribution in [0.25, 0.3) is 0 Å². The lowest BCUT2D eigenvalue weighted by molar-refractivity contribution is -0.135. The highest BCUT2D eigenvalue weighted by Crippen LogP contribution is 2.41. The van der Waals surface area contributed by atoms with Gasteiger partial charge in [-0.2, -0.15) is 0 Å². The second-order valence-corrected chi connectivity index (χ2v) is 10.3. The Balaban J connectivity index is 1.40. The van der Waals surface area contributed by atoms with Gasteiger partial charge in [0.05, 0.1) is 18.2 Å². The molecule has 7 nitrogen and oxygen atoms in total. The SMILES string of the molecule is O=C(NCC(=O)N(Cc1ccccc1)C1c2ccccc2CC[C@H]1Cc1ccccc1)Nc1cccc(C(=O)O)c1. The van der Waals surface area contributed by atoms with Crippen LogP contribution in [-0.4, -0.2) is 34.5 Å². The molecule has 0 saturated carbocycles. The number of hydrogen-bond acceptors (Lipinski definition) is 3. The predicted octanol–water partition coefficient (Wildman–Crippen LogP) is 6.08. The van der Waals surface area contributed by atoms with Gasteiger partial charge in [0.2, 0.25) is 5.91 Å². The molecule has 0 heterocycles. The Kier molecular flexibility index (Phi) is 8.74. The highest BCUT2D eigenvalue weighted by Gasteiger charge is 2.36. The standard InChI is InChI=1S/C34H33N3O4/c38-31(22-35-34(41)36-29-16-9-15-28(21-29)33(39)40)37(23-25-12-5-2-6-13-25)32-27(20-24-10-3-1-4-11-24)19-18-26-14-7-8-17-30(26)32/h1-17,21,27,32H,18-20,22-23H2,(H,39,40)(H2,35,36,41)/t27-,32?/m0/s1. The van der Waals surface area contributed by atoms with E-state index in [1.807, 2.05) is 65.6 Å². The van der Waals surface area contributed by atoms with Gasteiger partial charge in [0.25, 0.3) is 0 Å². The summed E-state index contributed by atoms with van der Waals surface area (Å²) in [7, 11) is 0. The molecule has 4 aromatic carbocycles. The van der Waals surface area contributed by atoms with Gasteiger partial charge in [-0.15, -0.1) is 0 Å². The zero-order chi connectivity index (χ0) is 28.6. The van der Waals surface area contributed by atoms with Crippen LogP contribution in [0, 0.1) is 5.92 Å². The molecule has 208 valence electrons. The highest BCUT2D eigenvalue weighted by molar-refractivity contribution is 5.94. The molecule has 1 unspecified atom stereocenters. The van der Waals surface area contributed by atoms with E-state index in [0.29, 0.717) is 12.2 Å². The Morgan fingerprint density at radius 1 is 0.805 bits per heavy atom. The summed E-state index contributed by atoms with van der Waals surface area (Å²) in [6.07, 6.45) is 2.74. The monoisotopic (exact) mass is 547 g/mol. The van der Waals surface area contributed by atoms with Crippen LogP contribution in [0.15, 0.2) is 109 Å². The number of nitrogens with one attached hydrogen (secondary N) is 2. The van der Waals surface area contributed by atoms with Gasteiger partial charge in [-0.05, 0) is 65.6 Å². The number of fused-ring (bicyclic) bond motifs is 1. The molecule has 0 radical (unpaired) electrons. The van der Waals surface area contributed by atoms with Gasteiger partial charge >= 0.3 is 12.0 Å². The molecule has 0 saturated heterocycles. The summed E-state index contributed by atoms with van der Waals surface area (Å²) in [6, 6.07) is 33.8. The smallest absolute Gasteiger partial charge is 0.335 e. The fraction of sp³-hybridized carbons (Fsp3) is 0.206. The molecule has 2 atom stereocenters. The summed E-state index contributed by atoms with van der Waals surface area (Å²) in [4.78, 5) is 39.9. The highest BCUT2D eigenvalue weighted by atomic mass is 16.4. The molecule has 4 aromatic rings. The summed E-state index contributed by atoms with van der Waals surface area (Å²) in [5.41, 5.74) is 5.04. The molecule has 0 bridgehead atoms. The van der Waals surface area contributed by atoms with Crippen molar-refractivity contribution in [2.75, 3.05) is 11.9 Å². The van der Waals surface area contributed by atoms with E-state index in [4.69, 9.17) is 0 Å². The Bertz CT molecular complexity index is 1510. The number of carboxylic acids is 1. The summed E-state index contributed by atoms with van der Waals surface area (Å²) in [5, 5.41) is 14.5. The van der Waals surface area contributed by atoms with Gasteiger partial charge in [0.1, 0.15) is 0 Å². The van der Waals surface area contributed by atoms with Gasteiger partial charge in [-0.25, -0.2) is 9.59 Å². The lowest BCUT2D eigenvalue weighted by atomic mass is 9.76. The van der Waals surface area contributed by atoms with Crippen molar-refractivity contribution in [1.82, 2.24) is 10.2 Å². The molecule has 1 aliphatic rings. The molecule has 7 heteroatoms. The molecule has 1 aliphatic carbocycles. The third kappa shape index (κ3) is 7.00. The van der Waals surface area contributed by atoms with E-state index < -0.39 is 12.0 Å². The number of hydrogen-bond donors (Lipinski definition) is 3. The molecule has 3 amide bonds. The van der Waals surface area contributed by atoms with E-state index in [1.165, 1.54) is 23.3 Å². The Labute approximate surface area is 239 Å². The molecule has 0 spiro atoms. The van der Waals surface area contributed by atoms with Crippen molar-refractivity contribution in [3.8, 4) is 0 Å². The number of benzene rings is 4. The Morgan fingerprint density at radius 3 is 2.22 bits per heavy atom. The van der Waals surface area contributed by atoms with Crippen LogP contribution >= 0.6 is 0 Å². The predicted molar refractivity (Wildman–Crippen MR) is 159 cm³/mol. The summed E-state index contributed by atoms with van der Waals surface area (Å²) < 4.78 is 0. The van der Waals surface area contributed by atoms with Gasteiger partial charge in [-0.3, -0.25) is 4.79 Å². The van der Waals surface area contributed by atoms with E-state index in [0.717, 1.165) is 30.4 Å². The van der Waals surface area contributed by atoms with Crippen molar-refractivity contribution >= 4 is 23.6 Å². The van der Waals surface area contributed by atoms with Crippen molar-refractivity contribution in [2.45, 2.75) is 31.8 Å². The van der Waals surface area contributed by atoms with E-state index >= 15 is 0 Å². The maximum atomic E-state index is 14.0. The van der Waals surface area contributed by atoms with Crippen LogP contribution < -0.4 is 10.6 Å². The van der Waals surface area contributed by atoms with Gasteiger partial charge in [0, 0.05) is 12.2 Å². The number of aromatic carboxylic acids is 1. The number of carbonyl (C=O) groups excluding carboxylic acids is 2. The third-order valence-electron chi connectivity index (χ3n) is 7.56. The van der Waals surface area contributed by atoms with Crippen LogP contribution in [0.1, 0.15) is 45.1 Å². The first-order valence-electron chi connectivity index (χ1n) is 13.8. The zero-order valence-corrected chi connectivity index (χ0v) is 22.7. The second kappa shape index (κ2) is 13.0. The normalized spacial score (nSPS) is 15.8. The van der Waals surface area contributed by atoms with E-state index in [1.54, 1.807) is 12.1 Å². The first kappa shape index (κ1) is 27.6. The first-order chi connectivity index (χ1) is 20.0.